The summed E-state index contributed by atoms with van der Waals surface area (Å²) in [5, 5.41) is 2.12. The predicted octanol–water partition coefficient (Wildman–Crippen LogP) is 7.27. The van der Waals surface area contributed by atoms with Crippen molar-refractivity contribution < 1.29 is 27.4 Å². The molecule has 0 atom stereocenters. The summed E-state index contributed by atoms with van der Waals surface area (Å²) >= 11 is 1.56. The molecular formula is C36H61N7O6S2. The summed E-state index contributed by atoms with van der Waals surface area (Å²) < 4.78 is 44.0. The number of carbonyl (C=O) groups excluding carboxylic acids is 1. The molecule has 0 unspecified atom stereocenters. The third-order valence-electron chi connectivity index (χ3n) is 7.56. The zero-order valence-corrected chi connectivity index (χ0v) is 34.5. The second-order valence-corrected chi connectivity index (χ2v) is 15.5. The molecule has 1 N–H and O–H groups in total. The summed E-state index contributed by atoms with van der Waals surface area (Å²) in [4.78, 5) is 33.2. The molecule has 15 heteroatoms. The molecule has 1 amide bonds. The summed E-state index contributed by atoms with van der Waals surface area (Å²) in [6.07, 6.45) is 5.39. The van der Waals surface area contributed by atoms with E-state index in [4.69, 9.17) is 24.2 Å². The molecular weight excluding hydrogens is 691 g/mol. The van der Waals surface area contributed by atoms with Gasteiger partial charge in [-0.2, -0.15) is 0 Å². The van der Waals surface area contributed by atoms with Crippen LogP contribution in [-0.4, -0.2) is 111 Å². The molecule has 2 aliphatic rings. The lowest BCUT2D eigenvalue weighted by Gasteiger charge is -2.37. The SMILES string of the molecule is CC.CC.CCC.COc1ncc(-c2nc(N3CCOCC3)nc3c(CN4CCC(N(C)C(=O)OC(C)(C)C)CC4)csc23)cc1NS(C)(=O)=O. The third-order valence-corrected chi connectivity index (χ3v) is 9.18. The zero-order valence-electron chi connectivity index (χ0n) is 32.8. The maximum atomic E-state index is 12.6. The Morgan fingerprint density at radius 1 is 1.08 bits per heavy atom. The van der Waals surface area contributed by atoms with E-state index in [0.29, 0.717) is 50.1 Å². The number of piperidine rings is 1. The fourth-order valence-corrected chi connectivity index (χ4v) is 6.93. The Morgan fingerprint density at radius 3 is 2.24 bits per heavy atom. The van der Waals surface area contributed by atoms with Crippen molar-refractivity contribution in [3.8, 4) is 17.1 Å². The highest BCUT2D eigenvalue weighted by Gasteiger charge is 2.29. The lowest BCUT2D eigenvalue weighted by Crippen LogP contribution is -2.46. The number of pyridine rings is 1. The number of morpholine rings is 1. The first-order valence-electron chi connectivity index (χ1n) is 18.0. The second kappa shape index (κ2) is 20.7. The van der Waals surface area contributed by atoms with E-state index in [1.807, 2.05) is 55.5 Å². The maximum Gasteiger partial charge on any atom is 0.410 e. The van der Waals surface area contributed by atoms with Gasteiger partial charge >= 0.3 is 6.09 Å². The minimum Gasteiger partial charge on any atom is -0.480 e. The number of nitrogens with one attached hydrogen (secondary N) is 1. The highest BCUT2D eigenvalue weighted by molar-refractivity contribution is 7.92. The predicted molar refractivity (Wildman–Crippen MR) is 210 cm³/mol. The number of thiophene rings is 1. The van der Waals surface area contributed by atoms with Crippen LogP contribution in [0.1, 0.15) is 87.1 Å². The minimum atomic E-state index is -3.57. The Labute approximate surface area is 310 Å². The molecule has 0 aromatic carbocycles. The smallest absolute Gasteiger partial charge is 0.410 e. The Hall–Kier alpha value is -3.27. The van der Waals surface area contributed by atoms with Gasteiger partial charge in [0.05, 0.1) is 42.5 Å². The number of aromatic nitrogens is 3. The van der Waals surface area contributed by atoms with Crippen molar-refractivity contribution in [2.45, 2.75) is 99.8 Å². The number of anilines is 2. The monoisotopic (exact) mass is 751 g/mol. The summed E-state index contributed by atoms with van der Waals surface area (Å²) in [6.45, 7) is 22.8. The molecule has 0 aliphatic carbocycles. The van der Waals surface area contributed by atoms with Crippen molar-refractivity contribution in [2.24, 2.45) is 0 Å². The van der Waals surface area contributed by atoms with Crippen LogP contribution in [-0.2, 0) is 26.0 Å². The van der Waals surface area contributed by atoms with E-state index < -0.39 is 15.6 Å². The van der Waals surface area contributed by atoms with Gasteiger partial charge in [-0.1, -0.05) is 48.0 Å². The number of ether oxygens (including phenoxy) is 3. The van der Waals surface area contributed by atoms with Crippen LogP contribution in [0.2, 0.25) is 0 Å². The highest BCUT2D eigenvalue weighted by atomic mass is 32.2. The molecule has 0 bridgehead atoms. The lowest BCUT2D eigenvalue weighted by molar-refractivity contribution is 0.0149. The molecule has 2 aliphatic heterocycles. The van der Waals surface area contributed by atoms with E-state index in [0.717, 1.165) is 48.0 Å². The zero-order chi connectivity index (χ0) is 38.4. The van der Waals surface area contributed by atoms with Crippen molar-refractivity contribution >= 4 is 49.3 Å². The van der Waals surface area contributed by atoms with E-state index in [1.54, 1.807) is 28.5 Å². The molecule has 3 aromatic rings. The fraction of sp³-hybridized carbons (Fsp3) is 0.667. The number of likely N-dealkylation sites (tertiary alicyclic amines) is 1. The molecule has 0 radical (unpaired) electrons. The summed E-state index contributed by atoms with van der Waals surface area (Å²) in [6, 6.07) is 1.82. The van der Waals surface area contributed by atoms with Crippen molar-refractivity contribution in [1.82, 2.24) is 24.8 Å². The Bertz CT molecular complexity index is 1610. The van der Waals surface area contributed by atoms with Crippen LogP contribution in [0.4, 0.5) is 16.4 Å². The number of hydrogen-bond donors (Lipinski definition) is 1. The van der Waals surface area contributed by atoms with E-state index in [9.17, 15) is 13.2 Å². The molecule has 13 nitrogen and oxygen atoms in total. The van der Waals surface area contributed by atoms with Gasteiger partial charge in [0, 0.05) is 63.1 Å². The highest BCUT2D eigenvalue weighted by Crippen LogP contribution is 2.37. The molecule has 51 heavy (non-hydrogen) atoms. The topological polar surface area (TPSA) is 139 Å². The summed E-state index contributed by atoms with van der Waals surface area (Å²) in [7, 11) is -0.308. The number of sulfonamides is 1. The van der Waals surface area contributed by atoms with Gasteiger partial charge in [0.2, 0.25) is 21.9 Å². The quantitative estimate of drug-likeness (QED) is 0.249. The van der Waals surface area contributed by atoms with Gasteiger partial charge in [-0.05, 0) is 45.1 Å². The molecule has 2 saturated heterocycles. The number of amides is 1. The van der Waals surface area contributed by atoms with Gasteiger partial charge in [0.25, 0.3) is 0 Å². The van der Waals surface area contributed by atoms with Gasteiger partial charge in [-0.25, -0.2) is 28.2 Å². The van der Waals surface area contributed by atoms with Gasteiger partial charge in [-0.3, -0.25) is 9.62 Å². The number of hydrogen-bond acceptors (Lipinski definition) is 12. The summed E-state index contributed by atoms with van der Waals surface area (Å²) in [5.41, 5.74) is 3.00. The van der Waals surface area contributed by atoms with Crippen LogP contribution in [0, 0.1) is 0 Å². The van der Waals surface area contributed by atoms with Gasteiger partial charge in [0.1, 0.15) is 11.3 Å². The second-order valence-electron chi connectivity index (χ2n) is 12.9. The molecule has 0 saturated carbocycles. The minimum absolute atomic E-state index is 0.125. The van der Waals surface area contributed by atoms with Crippen LogP contribution in [0.15, 0.2) is 17.6 Å². The number of rotatable bonds is 8. The van der Waals surface area contributed by atoms with Crippen LogP contribution < -0.4 is 14.4 Å². The van der Waals surface area contributed by atoms with Crippen molar-refractivity contribution in [3.63, 3.8) is 0 Å². The molecule has 2 fully saturated rings. The van der Waals surface area contributed by atoms with Crippen molar-refractivity contribution in [2.75, 3.05) is 69.4 Å². The Kier molecular flexibility index (Phi) is 17.8. The van der Waals surface area contributed by atoms with Gasteiger partial charge in [-0.15, -0.1) is 11.3 Å². The van der Waals surface area contributed by atoms with Crippen LogP contribution in [0.3, 0.4) is 0 Å². The van der Waals surface area contributed by atoms with E-state index >= 15 is 0 Å². The van der Waals surface area contributed by atoms with Crippen LogP contribution in [0.5, 0.6) is 5.88 Å². The van der Waals surface area contributed by atoms with Gasteiger partial charge in [0.15, 0.2) is 0 Å². The Balaban J connectivity index is 0.00000120. The first-order chi connectivity index (χ1) is 24.2. The number of fused-ring (bicyclic) bond motifs is 1. The maximum absolute atomic E-state index is 12.6. The van der Waals surface area contributed by atoms with E-state index in [-0.39, 0.29) is 23.7 Å². The average Bonchev–Trinajstić information content (AvgIpc) is 3.51. The summed E-state index contributed by atoms with van der Waals surface area (Å²) in [5.74, 6) is 0.770. The number of methoxy groups -OCH3 is 1. The molecule has 288 valence electrons. The standard InChI is InChI=1S/C29H41N7O6S2.C3H8.2C2H6/c1-29(2,3)42-28(37)34(4)21-7-9-35(10-8-21)17-20-18-43-25-23(31-27(32-24(20)25)36-11-13-41-14-12-36)19-15-22(33-44(6,38)39)26(40-5)30-16-19;1-3-2;2*1-2/h15-16,18,21,33H,7-14,17H2,1-6H3;3H2,1-2H3;2*1-2H3. The number of carbonyl (C=O) groups is 1. The Morgan fingerprint density at radius 2 is 1.69 bits per heavy atom. The van der Waals surface area contributed by atoms with Crippen molar-refractivity contribution in [3.05, 3.63) is 23.2 Å². The first-order valence-corrected chi connectivity index (χ1v) is 20.8. The fourth-order valence-electron chi connectivity index (χ4n) is 5.37. The molecule has 5 heterocycles. The average molecular weight is 752 g/mol. The lowest BCUT2D eigenvalue weighted by atomic mass is 10.0. The largest absolute Gasteiger partial charge is 0.480 e. The van der Waals surface area contributed by atoms with Crippen molar-refractivity contribution in [1.29, 1.82) is 0 Å². The first kappa shape index (κ1) is 43.9. The van der Waals surface area contributed by atoms with E-state index in [1.165, 1.54) is 13.5 Å². The van der Waals surface area contributed by atoms with Crippen LogP contribution in [0.25, 0.3) is 21.5 Å². The van der Waals surface area contributed by atoms with E-state index in [2.05, 4.69) is 38.7 Å². The van der Waals surface area contributed by atoms with Gasteiger partial charge < -0.3 is 24.0 Å². The van der Waals surface area contributed by atoms with Crippen LogP contribution >= 0.6 is 11.3 Å². The molecule has 5 rings (SSSR count). The molecule has 0 spiro atoms. The third kappa shape index (κ3) is 13.0. The normalized spacial score (nSPS) is 15.3. The molecule has 3 aromatic heterocycles. The number of nitrogens with zero attached hydrogens (tertiary/aromatic N) is 6.